The van der Waals surface area contributed by atoms with Crippen molar-refractivity contribution < 1.29 is 19.1 Å². The summed E-state index contributed by atoms with van der Waals surface area (Å²) < 4.78 is 10.1. The molecule has 0 atom stereocenters. The smallest absolute Gasteiger partial charge is 0.337 e. The number of Topliss-reactive ketones (excluding diaryl/α,β-unsaturated/α-hetero) is 1. The lowest BCUT2D eigenvalue weighted by Crippen LogP contribution is -2.10. The van der Waals surface area contributed by atoms with Gasteiger partial charge in [-0.25, -0.2) is 4.79 Å². The van der Waals surface area contributed by atoms with Crippen molar-refractivity contribution in [1.82, 2.24) is 0 Å². The molecule has 0 bridgehead atoms. The highest BCUT2D eigenvalue weighted by Gasteiger charge is 2.14. The molecule has 0 spiro atoms. The molecule has 0 radical (unpaired) electrons. The van der Waals surface area contributed by atoms with Crippen molar-refractivity contribution in [2.24, 2.45) is 0 Å². The summed E-state index contributed by atoms with van der Waals surface area (Å²) in [4.78, 5) is 22.8. The van der Waals surface area contributed by atoms with Crippen LogP contribution in [0.25, 0.3) is 0 Å². The first kappa shape index (κ1) is 13.2. The highest BCUT2D eigenvalue weighted by Crippen LogP contribution is 2.22. The first-order valence-corrected chi connectivity index (χ1v) is 5.35. The molecule has 0 aliphatic rings. The summed E-state index contributed by atoms with van der Waals surface area (Å²) in [7, 11) is 1.30. The van der Waals surface area contributed by atoms with Gasteiger partial charge in [-0.05, 0) is 39.0 Å². The summed E-state index contributed by atoms with van der Waals surface area (Å²) in [5.41, 5.74) is 0.732. The molecular formula is C13H16O4. The Morgan fingerprint density at radius 1 is 1.24 bits per heavy atom. The zero-order chi connectivity index (χ0) is 13.0. The van der Waals surface area contributed by atoms with E-state index in [2.05, 4.69) is 4.74 Å². The van der Waals surface area contributed by atoms with E-state index in [0.29, 0.717) is 16.9 Å². The minimum absolute atomic E-state index is 0.0305. The molecule has 0 aliphatic carbocycles. The standard InChI is InChI=1S/C13H16O4/c1-8(2)17-12-6-5-10(13(15)16-4)7-11(12)9(3)14/h5-8H,1-4H3. The van der Waals surface area contributed by atoms with Crippen LogP contribution in [0.15, 0.2) is 18.2 Å². The van der Waals surface area contributed by atoms with E-state index in [4.69, 9.17) is 4.74 Å². The van der Waals surface area contributed by atoms with Crippen molar-refractivity contribution in [3.8, 4) is 5.75 Å². The average Bonchev–Trinajstić information content (AvgIpc) is 2.27. The van der Waals surface area contributed by atoms with Crippen molar-refractivity contribution in [1.29, 1.82) is 0 Å². The van der Waals surface area contributed by atoms with E-state index in [1.165, 1.54) is 20.1 Å². The third-order valence-electron chi connectivity index (χ3n) is 2.14. The van der Waals surface area contributed by atoms with Crippen LogP contribution in [-0.4, -0.2) is 25.0 Å². The third kappa shape index (κ3) is 3.31. The maximum absolute atomic E-state index is 11.5. The lowest BCUT2D eigenvalue weighted by Gasteiger charge is -2.13. The SMILES string of the molecule is COC(=O)c1ccc(OC(C)C)c(C(C)=O)c1. The monoisotopic (exact) mass is 236 g/mol. The van der Waals surface area contributed by atoms with Crippen LogP contribution in [-0.2, 0) is 4.74 Å². The second kappa shape index (κ2) is 5.48. The minimum Gasteiger partial charge on any atom is -0.490 e. The highest BCUT2D eigenvalue weighted by atomic mass is 16.5. The van der Waals surface area contributed by atoms with Crippen molar-refractivity contribution in [2.45, 2.75) is 26.9 Å². The Bertz CT molecular complexity index is 435. The van der Waals surface area contributed by atoms with E-state index >= 15 is 0 Å². The van der Waals surface area contributed by atoms with Crippen LogP contribution < -0.4 is 4.74 Å². The zero-order valence-corrected chi connectivity index (χ0v) is 10.4. The fraction of sp³-hybridized carbons (Fsp3) is 0.385. The zero-order valence-electron chi connectivity index (χ0n) is 10.4. The first-order valence-electron chi connectivity index (χ1n) is 5.35. The number of benzene rings is 1. The number of ketones is 1. The van der Waals surface area contributed by atoms with Gasteiger partial charge in [-0.1, -0.05) is 0 Å². The van der Waals surface area contributed by atoms with Gasteiger partial charge in [0.25, 0.3) is 0 Å². The van der Waals surface area contributed by atoms with Gasteiger partial charge in [0.1, 0.15) is 5.75 Å². The summed E-state index contributed by atoms with van der Waals surface area (Å²) in [5, 5.41) is 0. The molecule has 4 nitrogen and oxygen atoms in total. The number of ether oxygens (including phenoxy) is 2. The molecule has 4 heteroatoms. The maximum atomic E-state index is 11.5. The molecule has 0 unspecified atom stereocenters. The van der Waals surface area contributed by atoms with Gasteiger partial charge in [-0.15, -0.1) is 0 Å². The fourth-order valence-electron chi connectivity index (χ4n) is 1.41. The van der Waals surface area contributed by atoms with Crippen LogP contribution >= 0.6 is 0 Å². The first-order chi connectivity index (χ1) is 7.95. The number of hydrogen-bond acceptors (Lipinski definition) is 4. The van der Waals surface area contributed by atoms with E-state index in [1.807, 2.05) is 13.8 Å². The van der Waals surface area contributed by atoms with Crippen LogP contribution in [0.5, 0.6) is 5.75 Å². The number of carbonyl (C=O) groups excluding carboxylic acids is 2. The van der Waals surface area contributed by atoms with Crippen LogP contribution in [0.4, 0.5) is 0 Å². The Labute approximate surface area is 101 Å². The lowest BCUT2D eigenvalue weighted by atomic mass is 10.1. The van der Waals surface area contributed by atoms with Gasteiger partial charge >= 0.3 is 5.97 Å². The van der Waals surface area contributed by atoms with Crippen LogP contribution in [0.1, 0.15) is 41.5 Å². The molecule has 92 valence electrons. The number of carbonyl (C=O) groups is 2. The molecule has 0 aliphatic heterocycles. The maximum Gasteiger partial charge on any atom is 0.337 e. The van der Waals surface area contributed by atoms with Gasteiger partial charge in [-0.3, -0.25) is 4.79 Å². The summed E-state index contributed by atoms with van der Waals surface area (Å²) in [6, 6.07) is 4.69. The molecule has 0 saturated carbocycles. The topological polar surface area (TPSA) is 52.6 Å². The summed E-state index contributed by atoms with van der Waals surface area (Å²) >= 11 is 0. The summed E-state index contributed by atoms with van der Waals surface area (Å²) in [6.07, 6.45) is -0.0305. The molecule has 0 fully saturated rings. The van der Waals surface area contributed by atoms with E-state index in [-0.39, 0.29) is 11.9 Å². The normalized spacial score (nSPS) is 10.2. The van der Waals surface area contributed by atoms with Crippen LogP contribution in [0.2, 0.25) is 0 Å². The van der Waals surface area contributed by atoms with Gasteiger partial charge in [-0.2, -0.15) is 0 Å². The van der Waals surface area contributed by atoms with Crippen molar-refractivity contribution in [3.05, 3.63) is 29.3 Å². The number of rotatable bonds is 4. The Hall–Kier alpha value is -1.84. The molecule has 0 heterocycles. The molecule has 0 aromatic heterocycles. The number of methoxy groups -OCH3 is 1. The van der Waals surface area contributed by atoms with Crippen molar-refractivity contribution >= 4 is 11.8 Å². The highest BCUT2D eigenvalue weighted by molar-refractivity contribution is 6.00. The number of hydrogen-bond donors (Lipinski definition) is 0. The molecule has 17 heavy (non-hydrogen) atoms. The molecular weight excluding hydrogens is 220 g/mol. The fourth-order valence-corrected chi connectivity index (χ4v) is 1.41. The predicted octanol–water partition coefficient (Wildman–Crippen LogP) is 2.46. The Kier molecular flexibility index (Phi) is 4.26. The molecule has 0 N–H and O–H groups in total. The molecule has 1 aromatic carbocycles. The number of esters is 1. The van der Waals surface area contributed by atoms with Crippen LogP contribution in [0, 0.1) is 0 Å². The molecule has 1 rings (SSSR count). The quantitative estimate of drug-likeness (QED) is 0.595. The van der Waals surface area contributed by atoms with Crippen LogP contribution in [0.3, 0.4) is 0 Å². The lowest BCUT2D eigenvalue weighted by molar-refractivity contribution is 0.0600. The van der Waals surface area contributed by atoms with Gasteiger partial charge in [0, 0.05) is 0 Å². The van der Waals surface area contributed by atoms with Gasteiger partial charge in [0.15, 0.2) is 5.78 Å². The van der Waals surface area contributed by atoms with E-state index in [1.54, 1.807) is 12.1 Å². The Balaban J connectivity index is 3.17. The van der Waals surface area contributed by atoms with Gasteiger partial charge < -0.3 is 9.47 Å². The average molecular weight is 236 g/mol. The minimum atomic E-state index is -0.469. The molecule has 0 saturated heterocycles. The Morgan fingerprint density at radius 3 is 2.35 bits per heavy atom. The van der Waals surface area contributed by atoms with E-state index < -0.39 is 5.97 Å². The second-order valence-corrected chi connectivity index (χ2v) is 3.93. The summed E-state index contributed by atoms with van der Waals surface area (Å²) in [6.45, 7) is 5.18. The molecule has 1 aromatic rings. The van der Waals surface area contributed by atoms with E-state index in [9.17, 15) is 9.59 Å². The predicted molar refractivity (Wildman–Crippen MR) is 63.6 cm³/mol. The molecule has 0 amide bonds. The van der Waals surface area contributed by atoms with Gasteiger partial charge in [0.05, 0.1) is 24.3 Å². The third-order valence-corrected chi connectivity index (χ3v) is 2.14. The van der Waals surface area contributed by atoms with Crippen molar-refractivity contribution in [2.75, 3.05) is 7.11 Å². The second-order valence-electron chi connectivity index (χ2n) is 3.93. The summed E-state index contributed by atoms with van der Waals surface area (Å²) in [5.74, 6) is -0.129. The Morgan fingerprint density at radius 2 is 1.88 bits per heavy atom. The van der Waals surface area contributed by atoms with Gasteiger partial charge in [0.2, 0.25) is 0 Å². The van der Waals surface area contributed by atoms with E-state index in [0.717, 1.165) is 0 Å². The van der Waals surface area contributed by atoms with Crippen molar-refractivity contribution in [3.63, 3.8) is 0 Å². The largest absolute Gasteiger partial charge is 0.490 e.